The summed E-state index contributed by atoms with van der Waals surface area (Å²) in [6.45, 7) is 6.04. The van der Waals surface area contributed by atoms with Crippen molar-refractivity contribution in [2.75, 3.05) is 6.54 Å². The van der Waals surface area contributed by atoms with Crippen molar-refractivity contribution in [3.8, 4) is 0 Å². The number of ketones is 1. The molecule has 1 aromatic carbocycles. The van der Waals surface area contributed by atoms with Crippen LogP contribution in [0, 0.1) is 0 Å². The second kappa shape index (κ2) is 7.02. The van der Waals surface area contributed by atoms with Gasteiger partial charge in [0.05, 0.1) is 12.1 Å². The van der Waals surface area contributed by atoms with Crippen LogP contribution in [0.2, 0.25) is 0 Å². The minimum atomic E-state index is -0.0164. The number of allylic oxidation sites excluding steroid dienone is 2. The number of carbonyl (C=O) groups excluding carboxylic acids is 1. The second-order valence-electron chi connectivity index (χ2n) is 5.19. The molecule has 0 spiro atoms. The minimum absolute atomic E-state index is 0.0164. The van der Waals surface area contributed by atoms with Crippen molar-refractivity contribution in [2.45, 2.75) is 32.1 Å². The number of aliphatic hydroxyl groups is 1. The van der Waals surface area contributed by atoms with Crippen LogP contribution >= 0.6 is 0 Å². The van der Waals surface area contributed by atoms with Crippen LogP contribution in [0.1, 0.15) is 37.7 Å². The zero-order valence-corrected chi connectivity index (χ0v) is 12.4. The van der Waals surface area contributed by atoms with Gasteiger partial charge in [-0.1, -0.05) is 43.3 Å². The third-order valence-electron chi connectivity index (χ3n) is 3.74. The molecule has 0 bridgehead atoms. The maximum Gasteiger partial charge on any atom is 0.168 e. The molecular weight excluding hydrogens is 262 g/mol. The Bertz CT molecular complexity index is 584. The second-order valence-corrected chi connectivity index (χ2v) is 5.19. The molecule has 0 radical (unpaired) electrons. The fraction of sp³-hybridized carbons (Fsp3) is 0.333. The van der Waals surface area contributed by atoms with Crippen molar-refractivity contribution in [3.05, 3.63) is 59.9 Å². The number of hydrogen-bond acceptors (Lipinski definition) is 3. The van der Waals surface area contributed by atoms with E-state index in [1.165, 1.54) is 0 Å². The summed E-state index contributed by atoms with van der Waals surface area (Å²) in [4.78, 5) is 16.8. The summed E-state index contributed by atoms with van der Waals surface area (Å²) >= 11 is 0. The Kier molecular flexibility index (Phi) is 5.09. The van der Waals surface area contributed by atoms with Crippen molar-refractivity contribution < 1.29 is 9.90 Å². The zero-order valence-electron chi connectivity index (χ0n) is 12.4. The Balaban J connectivity index is 2.29. The van der Waals surface area contributed by atoms with E-state index in [1.54, 1.807) is 6.08 Å². The molecule has 1 atom stereocenters. The van der Waals surface area contributed by atoms with Gasteiger partial charge in [-0.25, -0.2) is 0 Å². The lowest BCUT2D eigenvalue weighted by atomic mass is 9.81. The van der Waals surface area contributed by atoms with Gasteiger partial charge in [0.2, 0.25) is 0 Å². The molecular formula is C18H21NO2. The van der Waals surface area contributed by atoms with Gasteiger partial charge in [-0.2, -0.15) is 0 Å². The van der Waals surface area contributed by atoms with Crippen molar-refractivity contribution in [2.24, 2.45) is 4.99 Å². The highest BCUT2D eigenvalue weighted by molar-refractivity contribution is 6.23. The van der Waals surface area contributed by atoms with Crippen molar-refractivity contribution in [1.82, 2.24) is 0 Å². The molecule has 21 heavy (non-hydrogen) atoms. The van der Waals surface area contributed by atoms with Crippen LogP contribution in [-0.2, 0) is 4.79 Å². The van der Waals surface area contributed by atoms with Crippen LogP contribution in [0.3, 0.4) is 0 Å². The lowest BCUT2D eigenvalue weighted by molar-refractivity contribution is -0.116. The summed E-state index contributed by atoms with van der Waals surface area (Å²) in [6.07, 6.45) is 3.25. The molecule has 1 unspecified atom stereocenters. The van der Waals surface area contributed by atoms with Gasteiger partial charge in [0.25, 0.3) is 0 Å². The van der Waals surface area contributed by atoms with E-state index in [9.17, 15) is 9.90 Å². The summed E-state index contributed by atoms with van der Waals surface area (Å²) in [6, 6.07) is 9.87. The molecule has 1 aliphatic carbocycles. The summed E-state index contributed by atoms with van der Waals surface area (Å²) in [7, 11) is 0. The molecule has 3 heteroatoms. The molecule has 2 rings (SSSR count). The highest BCUT2D eigenvalue weighted by atomic mass is 16.3. The molecule has 0 fully saturated rings. The van der Waals surface area contributed by atoms with Gasteiger partial charge in [-0.15, -0.1) is 6.58 Å². The van der Waals surface area contributed by atoms with E-state index in [0.717, 1.165) is 5.56 Å². The van der Waals surface area contributed by atoms with Crippen LogP contribution in [-0.4, -0.2) is 23.1 Å². The number of aliphatic imine (C=N–C) groups is 1. The lowest BCUT2D eigenvalue weighted by Crippen LogP contribution is -2.23. The van der Waals surface area contributed by atoms with Crippen molar-refractivity contribution >= 4 is 11.5 Å². The Hall–Kier alpha value is -2.16. The van der Waals surface area contributed by atoms with Crippen molar-refractivity contribution in [1.29, 1.82) is 0 Å². The van der Waals surface area contributed by atoms with E-state index in [1.807, 2.05) is 37.3 Å². The predicted octanol–water partition coefficient (Wildman–Crippen LogP) is 3.98. The highest BCUT2D eigenvalue weighted by Crippen LogP contribution is 2.34. The number of benzene rings is 1. The van der Waals surface area contributed by atoms with E-state index in [4.69, 9.17) is 0 Å². The van der Waals surface area contributed by atoms with Crippen molar-refractivity contribution in [3.63, 3.8) is 0 Å². The molecule has 1 aromatic rings. The first-order valence-corrected chi connectivity index (χ1v) is 7.32. The highest BCUT2D eigenvalue weighted by Gasteiger charge is 2.30. The summed E-state index contributed by atoms with van der Waals surface area (Å²) in [5.74, 6) is 0.210. The fourth-order valence-electron chi connectivity index (χ4n) is 2.73. The maximum atomic E-state index is 12.4. The van der Waals surface area contributed by atoms with Crippen LogP contribution in [0.5, 0.6) is 0 Å². The third-order valence-corrected chi connectivity index (χ3v) is 3.74. The standard InChI is InChI=1S/C18H21NO2/c1-3-10-19-15(4-2)18-16(20)11-14(12-17(18)21)13-8-6-5-7-9-13/h3,5-9,14,20H,1,4,10-12H2,2H3. The van der Waals surface area contributed by atoms with Gasteiger partial charge in [-0.3, -0.25) is 9.79 Å². The molecule has 0 heterocycles. The predicted molar refractivity (Wildman–Crippen MR) is 85.9 cm³/mol. The Morgan fingerprint density at radius 2 is 2.10 bits per heavy atom. The van der Waals surface area contributed by atoms with E-state index >= 15 is 0 Å². The monoisotopic (exact) mass is 283 g/mol. The van der Waals surface area contributed by atoms with E-state index in [0.29, 0.717) is 37.1 Å². The zero-order chi connectivity index (χ0) is 15.2. The van der Waals surface area contributed by atoms with Gasteiger partial charge in [0.1, 0.15) is 5.76 Å². The SMILES string of the molecule is C=CCN=C(CC)C1=C(O)CC(c2ccccc2)CC1=O. The number of hydrogen-bond donors (Lipinski definition) is 1. The Morgan fingerprint density at radius 1 is 1.38 bits per heavy atom. The third kappa shape index (κ3) is 3.48. The minimum Gasteiger partial charge on any atom is -0.511 e. The van der Waals surface area contributed by atoms with Gasteiger partial charge in [0.15, 0.2) is 5.78 Å². The molecule has 3 nitrogen and oxygen atoms in total. The molecule has 0 saturated heterocycles. The van der Waals surface area contributed by atoms with Crippen LogP contribution < -0.4 is 0 Å². The number of Topliss-reactive ketones (excluding diaryl/α,β-unsaturated/α-hetero) is 1. The quantitative estimate of drug-likeness (QED) is 0.656. The molecule has 110 valence electrons. The first-order chi connectivity index (χ1) is 10.2. The van der Waals surface area contributed by atoms with E-state index in [-0.39, 0.29) is 17.5 Å². The molecule has 0 aliphatic heterocycles. The smallest absolute Gasteiger partial charge is 0.168 e. The first-order valence-electron chi connectivity index (χ1n) is 7.32. The first kappa shape index (κ1) is 15.2. The van der Waals surface area contributed by atoms with E-state index < -0.39 is 0 Å². The summed E-state index contributed by atoms with van der Waals surface area (Å²) in [5.41, 5.74) is 2.20. The molecule has 0 aromatic heterocycles. The number of carbonyl (C=O) groups is 1. The maximum absolute atomic E-state index is 12.4. The Morgan fingerprint density at radius 3 is 2.67 bits per heavy atom. The lowest BCUT2D eigenvalue weighted by Gasteiger charge is -2.24. The van der Waals surface area contributed by atoms with Crippen LogP contribution in [0.15, 0.2) is 59.3 Å². The molecule has 1 aliphatic rings. The fourth-order valence-corrected chi connectivity index (χ4v) is 2.73. The number of rotatable bonds is 5. The largest absolute Gasteiger partial charge is 0.511 e. The van der Waals surface area contributed by atoms with Gasteiger partial charge in [0, 0.05) is 18.6 Å². The van der Waals surface area contributed by atoms with E-state index in [2.05, 4.69) is 11.6 Å². The average Bonchev–Trinajstić information content (AvgIpc) is 2.50. The Labute approximate surface area is 125 Å². The molecule has 0 saturated carbocycles. The normalized spacial score (nSPS) is 19.8. The summed E-state index contributed by atoms with van der Waals surface area (Å²) in [5, 5.41) is 10.3. The van der Waals surface area contributed by atoms with Gasteiger partial charge >= 0.3 is 0 Å². The topological polar surface area (TPSA) is 49.7 Å². The average molecular weight is 283 g/mol. The van der Waals surface area contributed by atoms with Gasteiger partial charge < -0.3 is 5.11 Å². The summed E-state index contributed by atoms with van der Waals surface area (Å²) < 4.78 is 0. The van der Waals surface area contributed by atoms with Crippen LogP contribution in [0.4, 0.5) is 0 Å². The number of aliphatic hydroxyl groups excluding tert-OH is 1. The van der Waals surface area contributed by atoms with Crippen LogP contribution in [0.25, 0.3) is 0 Å². The number of nitrogens with zero attached hydrogens (tertiary/aromatic N) is 1. The molecule has 0 amide bonds. The molecule has 1 N–H and O–H groups in total. The van der Waals surface area contributed by atoms with Gasteiger partial charge in [-0.05, 0) is 17.9 Å².